The molecule has 0 radical (unpaired) electrons. The number of nitrogens with zero attached hydrogens (tertiary/aromatic N) is 2. The molecule has 0 unspecified atom stereocenters. The first-order chi connectivity index (χ1) is 12.6. The third kappa shape index (κ3) is 4.66. The van der Waals surface area contributed by atoms with E-state index in [2.05, 4.69) is 39.7 Å². The van der Waals surface area contributed by atoms with Crippen LogP contribution in [-0.2, 0) is 13.1 Å². The number of amides is 1. The van der Waals surface area contributed by atoms with Crippen molar-refractivity contribution in [2.75, 3.05) is 5.32 Å². The lowest BCUT2D eigenvalue weighted by Gasteiger charge is -2.10. The summed E-state index contributed by atoms with van der Waals surface area (Å²) < 4.78 is 0. The minimum atomic E-state index is -0.210. The van der Waals surface area contributed by atoms with Gasteiger partial charge in [-0.15, -0.1) is 0 Å². The van der Waals surface area contributed by atoms with Crippen molar-refractivity contribution in [2.45, 2.75) is 26.9 Å². The number of hydrogen-bond donors (Lipinski definition) is 2. The summed E-state index contributed by atoms with van der Waals surface area (Å²) in [5.74, 6) is 0.247. The van der Waals surface area contributed by atoms with Crippen molar-refractivity contribution in [1.82, 2.24) is 15.3 Å². The van der Waals surface area contributed by atoms with Gasteiger partial charge < -0.3 is 10.6 Å². The predicted octanol–water partition coefficient (Wildman–Crippen LogP) is 3.64. The van der Waals surface area contributed by atoms with Gasteiger partial charge in [0.2, 0.25) is 5.95 Å². The lowest BCUT2D eigenvalue weighted by molar-refractivity contribution is 0.0945. The second-order valence-corrected chi connectivity index (χ2v) is 6.17. The lowest BCUT2D eigenvalue weighted by Crippen LogP contribution is -2.24. The highest BCUT2D eigenvalue weighted by molar-refractivity contribution is 5.92. The SMILES string of the molecule is Cc1cc(C(=O)NCc2ccccc2)nc(NCc2ccccc2C)n1. The van der Waals surface area contributed by atoms with Gasteiger partial charge >= 0.3 is 0 Å². The molecule has 1 amide bonds. The lowest BCUT2D eigenvalue weighted by atomic mass is 10.1. The molecular weight excluding hydrogens is 324 g/mol. The van der Waals surface area contributed by atoms with Crippen molar-refractivity contribution in [3.63, 3.8) is 0 Å². The normalized spacial score (nSPS) is 10.4. The highest BCUT2D eigenvalue weighted by atomic mass is 16.1. The Morgan fingerprint density at radius 2 is 1.65 bits per heavy atom. The van der Waals surface area contributed by atoms with Gasteiger partial charge in [-0.2, -0.15) is 0 Å². The highest BCUT2D eigenvalue weighted by Crippen LogP contribution is 2.11. The van der Waals surface area contributed by atoms with Gasteiger partial charge in [0.25, 0.3) is 5.91 Å². The first kappa shape index (κ1) is 17.6. The van der Waals surface area contributed by atoms with Crippen LogP contribution in [0.25, 0.3) is 0 Å². The minimum Gasteiger partial charge on any atom is -0.350 e. The molecule has 0 saturated carbocycles. The van der Waals surface area contributed by atoms with Crippen molar-refractivity contribution in [3.05, 3.63) is 88.7 Å². The van der Waals surface area contributed by atoms with Crippen molar-refractivity contribution >= 4 is 11.9 Å². The third-order valence-electron chi connectivity index (χ3n) is 4.08. The second-order valence-electron chi connectivity index (χ2n) is 6.17. The van der Waals surface area contributed by atoms with Crippen LogP contribution >= 0.6 is 0 Å². The van der Waals surface area contributed by atoms with E-state index in [9.17, 15) is 4.79 Å². The van der Waals surface area contributed by atoms with Crippen LogP contribution in [0.15, 0.2) is 60.7 Å². The smallest absolute Gasteiger partial charge is 0.270 e. The molecule has 5 nitrogen and oxygen atoms in total. The molecule has 3 rings (SSSR count). The van der Waals surface area contributed by atoms with Crippen molar-refractivity contribution in [2.24, 2.45) is 0 Å². The summed E-state index contributed by atoms with van der Waals surface area (Å²) in [7, 11) is 0. The number of hydrogen-bond acceptors (Lipinski definition) is 4. The maximum atomic E-state index is 12.4. The molecule has 0 aliphatic carbocycles. The second kappa shape index (κ2) is 8.25. The van der Waals surface area contributed by atoms with Crippen molar-refractivity contribution in [1.29, 1.82) is 0 Å². The minimum absolute atomic E-state index is 0.210. The van der Waals surface area contributed by atoms with Crippen molar-refractivity contribution < 1.29 is 4.79 Å². The summed E-state index contributed by atoms with van der Waals surface area (Å²) in [4.78, 5) is 21.2. The first-order valence-electron chi connectivity index (χ1n) is 8.58. The molecule has 0 saturated heterocycles. The monoisotopic (exact) mass is 346 g/mol. The maximum Gasteiger partial charge on any atom is 0.270 e. The van der Waals surface area contributed by atoms with E-state index in [1.165, 1.54) is 11.1 Å². The quantitative estimate of drug-likeness (QED) is 0.715. The number of anilines is 1. The summed E-state index contributed by atoms with van der Waals surface area (Å²) in [5, 5.41) is 6.11. The van der Waals surface area contributed by atoms with E-state index >= 15 is 0 Å². The van der Waals surface area contributed by atoms with E-state index in [1.54, 1.807) is 6.07 Å². The van der Waals surface area contributed by atoms with E-state index in [4.69, 9.17) is 0 Å². The van der Waals surface area contributed by atoms with E-state index < -0.39 is 0 Å². The fraction of sp³-hybridized carbons (Fsp3) is 0.190. The molecule has 1 heterocycles. The number of carbonyl (C=O) groups is 1. The Morgan fingerprint density at radius 3 is 2.42 bits per heavy atom. The average molecular weight is 346 g/mol. The molecule has 0 aliphatic heterocycles. The maximum absolute atomic E-state index is 12.4. The Kier molecular flexibility index (Phi) is 5.59. The van der Waals surface area contributed by atoms with Gasteiger partial charge in [-0.3, -0.25) is 4.79 Å². The summed E-state index contributed by atoms with van der Waals surface area (Å²) in [5.41, 5.74) is 4.53. The first-order valence-corrected chi connectivity index (χ1v) is 8.58. The molecule has 0 spiro atoms. The van der Waals surface area contributed by atoms with Gasteiger partial charge in [-0.1, -0.05) is 54.6 Å². The third-order valence-corrected chi connectivity index (χ3v) is 4.08. The zero-order chi connectivity index (χ0) is 18.4. The number of aryl methyl sites for hydroxylation is 2. The van der Waals surface area contributed by atoms with E-state index in [0.717, 1.165) is 11.3 Å². The van der Waals surface area contributed by atoms with Gasteiger partial charge in [0, 0.05) is 18.8 Å². The van der Waals surface area contributed by atoms with Crippen LogP contribution in [0.5, 0.6) is 0 Å². The molecular formula is C21H22N4O. The van der Waals surface area contributed by atoms with Crippen LogP contribution < -0.4 is 10.6 Å². The fourth-order valence-corrected chi connectivity index (χ4v) is 2.62. The number of nitrogens with one attached hydrogen (secondary N) is 2. The predicted molar refractivity (Wildman–Crippen MR) is 103 cm³/mol. The van der Waals surface area contributed by atoms with Crippen LogP contribution in [0.2, 0.25) is 0 Å². The molecule has 0 fully saturated rings. The standard InChI is InChI=1S/C21H22N4O/c1-15-8-6-7-11-18(15)14-23-21-24-16(2)12-19(25-21)20(26)22-13-17-9-4-3-5-10-17/h3-12H,13-14H2,1-2H3,(H,22,26)(H,23,24,25). The average Bonchev–Trinajstić information content (AvgIpc) is 2.66. The zero-order valence-corrected chi connectivity index (χ0v) is 15.0. The Bertz CT molecular complexity index is 894. The fourth-order valence-electron chi connectivity index (χ4n) is 2.62. The summed E-state index contributed by atoms with van der Waals surface area (Å²) >= 11 is 0. The number of rotatable bonds is 6. The molecule has 0 bridgehead atoms. The number of benzene rings is 2. The topological polar surface area (TPSA) is 66.9 Å². The highest BCUT2D eigenvalue weighted by Gasteiger charge is 2.10. The van der Waals surface area contributed by atoms with Crippen LogP contribution in [-0.4, -0.2) is 15.9 Å². The van der Waals surface area contributed by atoms with Crippen LogP contribution in [0.1, 0.15) is 32.9 Å². The van der Waals surface area contributed by atoms with Gasteiger partial charge in [-0.05, 0) is 36.6 Å². The van der Waals surface area contributed by atoms with Gasteiger partial charge in [-0.25, -0.2) is 9.97 Å². The Labute approximate surface area is 153 Å². The Balaban J connectivity index is 1.67. The molecule has 2 aromatic carbocycles. The molecule has 0 aliphatic rings. The van der Waals surface area contributed by atoms with Gasteiger partial charge in [0.05, 0.1) is 0 Å². The molecule has 5 heteroatoms. The van der Waals surface area contributed by atoms with E-state index in [1.807, 2.05) is 49.4 Å². The van der Waals surface area contributed by atoms with E-state index in [0.29, 0.717) is 24.7 Å². The van der Waals surface area contributed by atoms with E-state index in [-0.39, 0.29) is 5.91 Å². The summed E-state index contributed by atoms with van der Waals surface area (Å²) in [6.45, 7) is 5.00. The molecule has 1 aromatic heterocycles. The molecule has 26 heavy (non-hydrogen) atoms. The van der Waals surface area contributed by atoms with Gasteiger partial charge in [0.1, 0.15) is 5.69 Å². The largest absolute Gasteiger partial charge is 0.350 e. The van der Waals surface area contributed by atoms with Crippen LogP contribution in [0.4, 0.5) is 5.95 Å². The van der Waals surface area contributed by atoms with Crippen LogP contribution in [0, 0.1) is 13.8 Å². The van der Waals surface area contributed by atoms with Crippen LogP contribution in [0.3, 0.4) is 0 Å². The van der Waals surface area contributed by atoms with Gasteiger partial charge in [0.15, 0.2) is 0 Å². The number of carbonyl (C=O) groups excluding carboxylic acids is 1. The number of aromatic nitrogens is 2. The van der Waals surface area contributed by atoms with Crippen molar-refractivity contribution in [3.8, 4) is 0 Å². The molecule has 0 atom stereocenters. The molecule has 3 aromatic rings. The summed E-state index contributed by atoms with van der Waals surface area (Å²) in [6, 6.07) is 19.6. The molecule has 2 N–H and O–H groups in total. The summed E-state index contributed by atoms with van der Waals surface area (Å²) in [6.07, 6.45) is 0. The molecule has 132 valence electrons. The Hall–Kier alpha value is -3.21. The Morgan fingerprint density at radius 1 is 0.923 bits per heavy atom. The zero-order valence-electron chi connectivity index (χ0n) is 15.0.